The fraction of sp³-hybridized carbons (Fsp3) is 1.00. The zero-order valence-corrected chi connectivity index (χ0v) is 15.1. The van der Waals surface area contributed by atoms with Gasteiger partial charge >= 0.3 is 0 Å². The second kappa shape index (κ2) is 4.97. The molecule has 1 spiro atoms. The van der Waals surface area contributed by atoms with E-state index in [9.17, 15) is 0 Å². The van der Waals surface area contributed by atoms with Crippen LogP contribution in [0.25, 0.3) is 0 Å². The van der Waals surface area contributed by atoms with Gasteiger partial charge in [-0.25, -0.2) is 0 Å². The third kappa shape index (κ3) is 2.06. The first-order valence-corrected chi connectivity index (χ1v) is 10.3. The summed E-state index contributed by atoms with van der Waals surface area (Å²) in [7, 11) is 0. The Morgan fingerprint density at radius 2 is 1.61 bits per heavy atom. The van der Waals surface area contributed by atoms with E-state index < -0.39 is 0 Å². The van der Waals surface area contributed by atoms with Crippen LogP contribution in [0.5, 0.6) is 0 Å². The monoisotopic (exact) mass is 318 g/mol. The smallest absolute Gasteiger partial charge is 0.168 e. The number of ether oxygens (including phenoxy) is 2. The lowest BCUT2D eigenvalue weighted by Crippen LogP contribution is -2.55. The summed E-state index contributed by atoms with van der Waals surface area (Å²) in [6.45, 7) is 6.89. The summed E-state index contributed by atoms with van der Waals surface area (Å²) in [5.41, 5.74) is 1.26. The van der Waals surface area contributed by atoms with Crippen molar-refractivity contribution in [2.75, 3.05) is 13.2 Å². The van der Waals surface area contributed by atoms with E-state index in [0.29, 0.717) is 10.8 Å². The number of hydrogen-bond acceptors (Lipinski definition) is 2. The van der Waals surface area contributed by atoms with Crippen LogP contribution >= 0.6 is 0 Å². The standard InChI is InChI=1S/C21H34O2/c1-19-8-3-4-17(19)16-6-5-15-14-21(22-12-13-23-21)11-10-20(15,2)18(16)7-9-19/h15-18H,3-14H2,1-2H3. The first-order chi connectivity index (χ1) is 11.0. The Bertz CT molecular complexity index is 482. The molecule has 6 atom stereocenters. The molecule has 1 aliphatic heterocycles. The minimum atomic E-state index is -0.187. The normalized spacial score (nSPS) is 54.5. The molecular weight excluding hydrogens is 284 g/mol. The highest BCUT2D eigenvalue weighted by molar-refractivity contribution is 5.08. The quantitative estimate of drug-likeness (QED) is 0.614. The van der Waals surface area contributed by atoms with Crippen molar-refractivity contribution in [3.8, 4) is 0 Å². The maximum Gasteiger partial charge on any atom is 0.168 e. The minimum Gasteiger partial charge on any atom is -0.348 e. The molecule has 0 aromatic rings. The van der Waals surface area contributed by atoms with Crippen molar-refractivity contribution in [1.82, 2.24) is 0 Å². The Hall–Kier alpha value is -0.0800. The molecule has 130 valence electrons. The highest BCUT2D eigenvalue weighted by atomic mass is 16.7. The molecule has 0 bridgehead atoms. The zero-order chi connectivity index (χ0) is 15.7. The van der Waals surface area contributed by atoms with E-state index in [-0.39, 0.29) is 5.79 Å². The highest BCUT2D eigenvalue weighted by Crippen LogP contribution is 2.67. The van der Waals surface area contributed by atoms with E-state index in [0.717, 1.165) is 43.3 Å². The maximum absolute atomic E-state index is 6.07. The van der Waals surface area contributed by atoms with Gasteiger partial charge in [0, 0.05) is 12.8 Å². The molecule has 1 saturated heterocycles. The van der Waals surface area contributed by atoms with Gasteiger partial charge in [-0.2, -0.15) is 0 Å². The third-order valence-electron chi connectivity index (χ3n) is 9.26. The lowest BCUT2D eigenvalue weighted by atomic mass is 9.45. The van der Waals surface area contributed by atoms with Gasteiger partial charge in [-0.1, -0.05) is 20.3 Å². The van der Waals surface area contributed by atoms with Crippen LogP contribution in [0.3, 0.4) is 0 Å². The summed E-state index contributed by atoms with van der Waals surface area (Å²) >= 11 is 0. The average molecular weight is 319 g/mol. The molecule has 5 fully saturated rings. The third-order valence-corrected chi connectivity index (χ3v) is 9.26. The van der Waals surface area contributed by atoms with Gasteiger partial charge < -0.3 is 9.47 Å². The summed E-state index contributed by atoms with van der Waals surface area (Å²) in [5.74, 6) is 3.69. The number of rotatable bonds is 0. The predicted octanol–water partition coefficient (Wildman–Crippen LogP) is 5.16. The van der Waals surface area contributed by atoms with Crippen molar-refractivity contribution in [1.29, 1.82) is 0 Å². The van der Waals surface area contributed by atoms with Crippen molar-refractivity contribution >= 4 is 0 Å². The Morgan fingerprint density at radius 3 is 2.43 bits per heavy atom. The minimum absolute atomic E-state index is 0.187. The Balaban J connectivity index is 1.41. The molecule has 1 heterocycles. The van der Waals surface area contributed by atoms with Crippen molar-refractivity contribution < 1.29 is 9.47 Å². The molecule has 2 nitrogen and oxygen atoms in total. The first kappa shape index (κ1) is 15.2. The van der Waals surface area contributed by atoms with Crippen LogP contribution in [0.4, 0.5) is 0 Å². The van der Waals surface area contributed by atoms with Gasteiger partial charge in [0.25, 0.3) is 0 Å². The average Bonchev–Trinajstić information content (AvgIpc) is 3.15. The van der Waals surface area contributed by atoms with E-state index in [4.69, 9.17) is 9.47 Å². The summed E-state index contributed by atoms with van der Waals surface area (Å²) in [6, 6.07) is 0. The predicted molar refractivity (Wildman–Crippen MR) is 91.0 cm³/mol. The molecule has 0 aromatic heterocycles. The van der Waals surface area contributed by atoms with Gasteiger partial charge in [0.05, 0.1) is 13.2 Å². The van der Waals surface area contributed by atoms with Crippen molar-refractivity contribution in [3.63, 3.8) is 0 Å². The zero-order valence-electron chi connectivity index (χ0n) is 15.1. The summed E-state index contributed by atoms with van der Waals surface area (Å²) in [4.78, 5) is 0. The molecule has 0 aromatic carbocycles. The molecule has 6 unspecified atom stereocenters. The SMILES string of the molecule is CC12CCCC1C1CCC3CC4(CCC3(C)C1CC2)OCCO4. The Kier molecular flexibility index (Phi) is 3.29. The van der Waals surface area contributed by atoms with Gasteiger partial charge in [0.15, 0.2) is 5.79 Å². The van der Waals surface area contributed by atoms with Crippen LogP contribution in [0, 0.1) is 34.5 Å². The van der Waals surface area contributed by atoms with Crippen LogP contribution in [0.2, 0.25) is 0 Å². The Labute approximate surface area is 141 Å². The van der Waals surface area contributed by atoms with E-state index in [1.165, 1.54) is 57.8 Å². The highest BCUT2D eigenvalue weighted by Gasteiger charge is 2.60. The van der Waals surface area contributed by atoms with E-state index in [1.54, 1.807) is 0 Å². The second-order valence-electron chi connectivity index (χ2n) is 10.1. The van der Waals surface area contributed by atoms with Crippen LogP contribution in [-0.4, -0.2) is 19.0 Å². The molecular formula is C21H34O2. The van der Waals surface area contributed by atoms with Crippen molar-refractivity contribution in [3.05, 3.63) is 0 Å². The van der Waals surface area contributed by atoms with Crippen LogP contribution in [0.15, 0.2) is 0 Å². The fourth-order valence-electron chi connectivity index (χ4n) is 7.95. The largest absolute Gasteiger partial charge is 0.348 e. The van der Waals surface area contributed by atoms with Crippen LogP contribution in [-0.2, 0) is 9.47 Å². The van der Waals surface area contributed by atoms with Crippen molar-refractivity contribution in [2.24, 2.45) is 34.5 Å². The van der Waals surface area contributed by atoms with Gasteiger partial charge in [-0.15, -0.1) is 0 Å². The maximum atomic E-state index is 6.07. The van der Waals surface area contributed by atoms with Crippen molar-refractivity contribution in [2.45, 2.75) is 83.8 Å². The molecule has 2 heteroatoms. The van der Waals surface area contributed by atoms with Crippen LogP contribution < -0.4 is 0 Å². The Morgan fingerprint density at radius 1 is 0.783 bits per heavy atom. The summed E-state index contributed by atoms with van der Waals surface area (Å²) in [6.07, 6.45) is 14.1. The van der Waals surface area contributed by atoms with Gasteiger partial charge in [-0.05, 0) is 79.4 Å². The molecule has 4 saturated carbocycles. The van der Waals surface area contributed by atoms with E-state index in [2.05, 4.69) is 13.8 Å². The molecule has 0 N–H and O–H groups in total. The van der Waals surface area contributed by atoms with Gasteiger partial charge in [-0.3, -0.25) is 0 Å². The molecule has 0 radical (unpaired) electrons. The second-order valence-corrected chi connectivity index (χ2v) is 10.1. The first-order valence-electron chi connectivity index (χ1n) is 10.3. The lowest BCUT2D eigenvalue weighted by Gasteiger charge is -2.61. The summed E-state index contributed by atoms with van der Waals surface area (Å²) < 4.78 is 12.1. The van der Waals surface area contributed by atoms with Crippen LogP contribution in [0.1, 0.15) is 78.1 Å². The molecule has 4 aliphatic carbocycles. The van der Waals surface area contributed by atoms with E-state index in [1.807, 2.05) is 0 Å². The molecule has 0 amide bonds. The lowest BCUT2D eigenvalue weighted by molar-refractivity contribution is -0.229. The molecule has 5 aliphatic rings. The number of hydrogen-bond donors (Lipinski definition) is 0. The van der Waals surface area contributed by atoms with Gasteiger partial charge in [0.2, 0.25) is 0 Å². The molecule has 23 heavy (non-hydrogen) atoms. The summed E-state index contributed by atoms with van der Waals surface area (Å²) in [5, 5.41) is 0. The van der Waals surface area contributed by atoms with Gasteiger partial charge in [0.1, 0.15) is 0 Å². The van der Waals surface area contributed by atoms with E-state index >= 15 is 0 Å². The fourth-order valence-corrected chi connectivity index (χ4v) is 7.95. The topological polar surface area (TPSA) is 18.5 Å². The number of fused-ring (bicyclic) bond motifs is 5. The molecule has 5 rings (SSSR count).